The molecule has 0 radical (unpaired) electrons. The Labute approximate surface area is 136 Å². The van der Waals surface area contributed by atoms with Crippen LogP contribution in [0.5, 0.6) is 0 Å². The summed E-state index contributed by atoms with van der Waals surface area (Å²) in [5.41, 5.74) is 0. The predicted octanol–water partition coefficient (Wildman–Crippen LogP) is 1.46. The fourth-order valence-electron chi connectivity index (χ4n) is 2.06. The maximum Gasteiger partial charge on any atom is 0.407 e. The summed E-state index contributed by atoms with van der Waals surface area (Å²) in [6, 6.07) is 0.185. The normalized spacial score (nSPS) is 12.4. The lowest BCUT2D eigenvalue weighted by Gasteiger charge is -2.20. The predicted molar refractivity (Wildman–Crippen MR) is 83.5 cm³/mol. The van der Waals surface area contributed by atoms with Crippen molar-refractivity contribution in [3.8, 4) is 6.07 Å². The van der Waals surface area contributed by atoms with Gasteiger partial charge in [-0.05, 0) is 12.8 Å². The number of carbonyl (C=O) groups is 2. The number of nitrogens with one attached hydrogen (secondary N) is 1. The Hall–Kier alpha value is -1.82. The second kappa shape index (κ2) is 10.8. The summed E-state index contributed by atoms with van der Waals surface area (Å²) in [5, 5.41) is 18.8. The molecule has 0 unspecified atom stereocenters. The summed E-state index contributed by atoms with van der Waals surface area (Å²) in [5.74, 6) is -2.13. The van der Waals surface area contributed by atoms with Crippen molar-refractivity contribution in [1.82, 2.24) is 5.32 Å². The number of rotatable bonds is 11. The highest BCUT2D eigenvalue weighted by molar-refractivity contribution is 7.92. The van der Waals surface area contributed by atoms with Crippen molar-refractivity contribution >= 4 is 21.9 Å². The van der Waals surface area contributed by atoms with E-state index in [1.54, 1.807) is 6.07 Å². The molecule has 0 fully saturated rings. The van der Waals surface area contributed by atoms with Gasteiger partial charge in [-0.25, -0.2) is 18.0 Å². The number of ether oxygens (including phenoxy) is 1. The van der Waals surface area contributed by atoms with Crippen LogP contribution >= 0.6 is 0 Å². The van der Waals surface area contributed by atoms with Crippen LogP contribution in [0.1, 0.15) is 46.0 Å². The highest BCUT2D eigenvalue weighted by atomic mass is 32.2. The first-order valence-electron chi connectivity index (χ1n) is 7.53. The number of nitriles is 1. The Morgan fingerprint density at radius 2 is 1.83 bits per heavy atom. The number of hydrogen-bond donors (Lipinski definition) is 2. The van der Waals surface area contributed by atoms with Crippen molar-refractivity contribution in [2.45, 2.75) is 57.2 Å². The number of carboxylic acid groups (broad SMARTS) is 1. The van der Waals surface area contributed by atoms with E-state index < -0.39 is 38.9 Å². The van der Waals surface area contributed by atoms with Gasteiger partial charge in [-0.1, -0.05) is 26.7 Å². The Balaban J connectivity index is 4.88. The molecule has 0 saturated carbocycles. The van der Waals surface area contributed by atoms with Crippen molar-refractivity contribution in [1.29, 1.82) is 5.26 Å². The first kappa shape index (κ1) is 21.2. The second-order valence-corrected chi connectivity index (χ2v) is 7.43. The molecule has 132 valence electrons. The third kappa shape index (κ3) is 8.40. The Morgan fingerprint density at radius 3 is 2.26 bits per heavy atom. The molecule has 0 aliphatic heterocycles. The maximum absolute atomic E-state index is 12.4. The number of hydrogen-bond acceptors (Lipinski definition) is 6. The van der Waals surface area contributed by atoms with Crippen LogP contribution in [-0.2, 0) is 19.4 Å². The fraction of sp³-hybridized carbons (Fsp3) is 0.786. The molecule has 2 N–H and O–H groups in total. The minimum atomic E-state index is -3.67. The van der Waals surface area contributed by atoms with Gasteiger partial charge in [0.15, 0.2) is 9.84 Å². The van der Waals surface area contributed by atoms with E-state index in [0.717, 1.165) is 0 Å². The van der Waals surface area contributed by atoms with Gasteiger partial charge in [0.05, 0.1) is 23.5 Å². The van der Waals surface area contributed by atoms with E-state index in [1.165, 1.54) is 0 Å². The zero-order valence-corrected chi connectivity index (χ0v) is 14.3. The summed E-state index contributed by atoms with van der Waals surface area (Å²) < 4.78 is 29.3. The van der Waals surface area contributed by atoms with Gasteiger partial charge < -0.3 is 15.2 Å². The summed E-state index contributed by atoms with van der Waals surface area (Å²) in [4.78, 5) is 22.6. The van der Waals surface area contributed by atoms with Crippen LogP contribution in [0.25, 0.3) is 0 Å². The lowest BCUT2D eigenvalue weighted by molar-refractivity contribution is -0.138. The first-order chi connectivity index (χ1) is 10.8. The molecule has 0 aliphatic rings. The summed E-state index contributed by atoms with van der Waals surface area (Å²) in [6.07, 6.45) is 1.17. The van der Waals surface area contributed by atoms with E-state index >= 15 is 0 Å². The van der Waals surface area contributed by atoms with Gasteiger partial charge in [-0.15, -0.1) is 0 Å². The van der Waals surface area contributed by atoms with Crippen molar-refractivity contribution in [3.05, 3.63) is 0 Å². The summed E-state index contributed by atoms with van der Waals surface area (Å²) in [6.45, 7) is 3.53. The fourth-order valence-corrected chi connectivity index (χ4v) is 4.22. The lowest BCUT2D eigenvalue weighted by atomic mass is 10.2. The largest absolute Gasteiger partial charge is 0.480 e. The van der Waals surface area contributed by atoms with E-state index in [2.05, 4.69) is 4.74 Å². The van der Waals surface area contributed by atoms with Gasteiger partial charge in [-0.3, -0.25) is 0 Å². The number of carboxylic acids is 1. The molecule has 0 rings (SSSR count). The van der Waals surface area contributed by atoms with Crippen LogP contribution < -0.4 is 5.32 Å². The van der Waals surface area contributed by atoms with Gasteiger partial charge >= 0.3 is 12.1 Å². The van der Waals surface area contributed by atoms with E-state index in [4.69, 9.17) is 10.4 Å². The minimum absolute atomic E-state index is 0.0292. The van der Waals surface area contributed by atoms with Crippen molar-refractivity contribution < 1.29 is 27.9 Å². The Kier molecular flexibility index (Phi) is 9.97. The van der Waals surface area contributed by atoms with Crippen LogP contribution in [0.15, 0.2) is 0 Å². The molecule has 0 saturated heterocycles. The lowest BCUT2D eigenvalue weighted by Crippen LogP contribution is -2.47. The number of aliphatic carboxylic acids is 1. The van der Waals surface area contributed by atoms with Gasteiger partial charge in [0.1, 0.15) is 12.6 Å². The smallest absolute Gasteiger partial charge is 0.407 e. The van der Waals surface area contributed by atoms with Crippen molar-refractivity contribution in [2.75, 3.05) is 12.4 Å². The van der Waals surface area contributed by atoms with Crippen molar-refractivity contribution in [3.63, 3.8) is 0 Å². The molecule has 0 aromatic carbocycles. The monoisotopic (exact) mass is 348 g/mol. The molecule has 0 heterocycles. The molecule has 8 nitrogen and oxygen atoms in total. The highest BCUT2D eigenvalue weighted by Gasteiger charge is 2.32. The van der Waals surface area contributed by atoms with Crippen LogP contribution in [0.4, 0.5) is 4.79 Å². The molecule has 0 aromatic rings. The third-order valence-electron chi connectivity index (χ3n) is 3.17. The van der Waals surface area contributed by atoms with Crippen LogP contribution in [-0.4, -0.2) is 49.2 Å². The topological polar surface area (TPSA) is 134 Å². The molecule has 23 heavy (non-hydrogen) atoms. The highest BCUT2D eigenvalue weighted by Crippen LogP contribution is 2.16. The van der Waals surface area contributed by atoms with Gasteiger partial charge in [0.25, 0.3) is 0 Å². The Bertz CT molecular complexity index is 520. The number of amides is 1. The first-order valence-corrected chi connectivity index (χ1v) is 9.24. The summed E-state index contributed by atoms with van der Waals surface area (Å²) >= 11 is 0. The standard InChI is InChI=1S/C14H24N2O6S/c1-3-6-11(7-4-2)23(20,21)10-12(13(17)18)16-14(19)22-9-5-8-15/h11-12H,3-7,9-10H2,1-2H3,(H,16,19)(H,17,18)/t12-/m1/s1. The van der Waals surface area contributed by atoms with Crippen LogP contribution in [0.2, 0.25) is 0 Å². The second-order valence-electron chi connectivity index (χ2n) is 5.11. The summed E-state index contributed by atoms with van der Waals surface area (Å²) in [7, 11) is -3.67. The number of sulfone groups is 1. The van der Waals surface area contributed by atoms with Crippen molar-refractivity contribution in [2.24, 2.45) is 0 Å². The van der Waals surface area contributed by atoms with E-state index in [0.29, 0.717) is 25.7 Å². The van der Waals surface area contributed by atoms with Gasteiger partial charge in [-0.2, -0.15) is 5.26 Å². The molecule has 0 bridgehead atoms. The van der Waals surface area contributed by atoms with Crippen LogP contribution in [0, 0.1) is 11.3 Å². The molecule has 0 aliphatic carbocycles. The SMILES string of the molecule is CCCC(CCC)S(=O)(=O)C[C@@H](NC(=O)OCCC#N)C(=O)O. The number of carbonyl (C=O) groups excluding carboxylic acids is 1. The zero-order chi connectivity index (χ0) is 17.9. The van der Waals surface area contributed by atoms with E-state index in [1.807, 2.05) is 19.2 Å². The number of alkyl carbamates (subject to hydrolysis) is 1. The van der Waals surface area contributed by atoms with Gasteiger partial charge in [0.2, 0.25) is 0 Å². The molecule has 1 atom stereocenters. The average Bonchev–Trinajstić information content (AvgIpc) is 2.46. The minimum Gasteiger partial charge on any atom is -0.480 e. The zero-order valence-electron chi connectivity index (χ0n) is 13.4. The molecule has 9 heteroatoms. The van der Waals surface area contributed by atoms with E-state index in [9.17, 15) is 18.0 Å². The van der Waals surface area contributed by atoms with E-state index in [-0.39, 0.29) is 13.0 Å². The molecular formula is C14H24N2O6S. The van der Waals surface area contributed by atoms with Crippen LogP contribution in [0.3, 0.4) is 0 Å². The maximum atomic E-state index is 12.4. The molecule has 1 amide bonds. The average molecular weight is 348 g/mol. The third-order valence-corrected chi connectivity index (χ3v) is 5.45. The molecular weight excluding hydrogens is 324 g/mol. The molecule has 0 spiro atoms. The Morgan fingerprint density at radius 1 is 1.26 bits per heavy atom. The van der Waals surface area contributed by atoms with Gasteiger partial charge in [0, 0.05) is 0 Å². The quantitative estimate of drug-likeness (QED) is 0.540. The molecule has 0 aromatic heterocycles. The number of nitrogens with zero attached hydrogens (tertiary/aromatic N) is 1.